The van der Waals surface area contributed by atoms with Crippen LogP contribution in [-0.2, 0) is 0 Å². The molecule has 0 radical (unpaired) electrons. The number of rotatable bonds is 7. The summed E-state index contributed by atoms with van der Waals surface area (Å²) < 4.78 is 4.97. The van der Waals surface area contributed by atoms with Gasteiger partial charge in [-0.3, -0.25) is 0 Å². The summed E-state index contributed by atoms with van der Waals surface area (Å²) in [6.45, 7) is 0. The highest BCUT2D eigenvalue weighted by Crippen LogP contribution is 2.44. The van der Waals surface area contributed by atoms with Crippen molar-refractivity contribution >= 4 is 53.3 Å². The van der Waals surface area contributed by atoms with Crippen LogP contribution in [0.3, 0.4) is 0 Å². The average molecular weight is 809 g/mol. The lowest BCUT2D eigenvalue weighted by Crippen LogP contribution is -2.05. The second-order valence-corrected chi connectivity index (χ2v) is 16.6. The molecule has 0 saturated heterocycles. The van der Waals surface area contributed by atoms with E-state index in [0.29, 0.717) is 17.5 Å². The zero-order valence-electron chi connectivity index (χ0n) is 33.5. The number of thiophene rings is 1. The van der Waals surface area contributed by atoms with E-state index in [4.69, 9.17) is 15.0 Å². The Morgan fingerprint density at radius 3 is 1.39 bits per heavy atom. The molecule has 0 fully saturated rings. The minimum absolute atomic E-state index is 0.599. The van der Waals surface area contributed by atoms with E-state index >= 15 is 0 Å². The summed E-state index contributed by atoms with van der Waals surface area (Å²) in [6.07, 6.45) is 0. The van der Waals surface area contributed by atoms with Crippen molar-refractivity contribution in [2.45, 2.75) is 0 Å². The Labute approximate surface area is 362 Å². The van der Waals surface area contributed by atoms with Crippen molar-refractivity contribution in [3.05, 3.63) is 218 Å². The lowest BCUT2D eigenvalue weighted by molar-refractivity contribution is 1.06. The van der Waals surface area contributed by atoms with Crippen LogP contribution in [0.5, 0.6) is 0 Å². The molecule has 0 aliphatic carbocycles. The van der Waals surface area contributed by atoms with Crippen molar-refractivity contribution < 1.29 is 0 Å². The van der Waals surface area contributed by atoms with Gasteiger partial charge < -0.3 is 4.57 Å². The molecule has 0 N–H and O–H groups in total. The summed E-state index contributed by atoms with van der Waals surface area (Å²) in [4.78, 5) is 16.0. The Morgan fingerprint density at radius 1 is 0.306 bits per heavy atom. The monoisotopic (exact) mass is 808 g/mol. The van der Waals surface area contributed by atoms with Gasteiger partial charge in [0.05, 0.1) is 16.7 Å². The van der Waals surface area contributed by atoms with Crippen LogP contribution in [0, 0.1) is 0 Å². The van der Waals surface area contributed by atoms with Gasteiger partial charge in [0.25, 0.3) is 0 Å². The molecular formula is C57H36N4S. The molecule has 9 aromatic carbocycles. The van der Waals surface area contributed by atoms with E-state index in [9.17, 15) is 0 Å². The number of nitrogens with zero attached hydrogens (tertiary/aromatic N) is 4. The summed E-state index contributed by atoms with van der Waals surface area (Å²) in [5.74, 6) is 1.83. The number of hydrogen-bond acceptors (Lipinski definition) is 4. The van der Waals surface area contributed by atoms with Crippen molar-refractivity contribution in [2.75, 3.05) is 0 Å². The van der Waals surface area contributed by atoms with Gasteiger partial charge in [0.15, 0.2) is 17.5 Å². The lowest BCUT2D eigenvalue weighted by Gasteiger charge is -2.20. The van der Waals surface area contributed by atoms with Gasteiger partial charge in [-0.1, -0.05) is 188 Å². The standard InChI is InChI=1S/C57H36N4S/c1-4-17-37(18-5-1)47-35-49(52(36-48(47)38-19-6-2-7-20-38)61-50-28-13-10-23-43(50)44-24-11-14-29-51(44)61)57-59-55(40-21-8-3-9-22-40)58-56(60-57)41-33-31-39(32-34-41)42-26-16-27-46-45-25-12-15-30-53(45)62-54(42)46/h1-36H. The number of hydrogen-bond donors (Lipinski definition) is 0. The molecular weight excluding hydrogens is 773 g/mol. The van der Waals surface area contributed by atoms with Gasteiger partial charge in [-0.05, 0) is 63.7 Å². The zero-order chi connectivity index (χ0) is 41.0. The van der Waals surface area contributed by atoms with Crippen LogP contribution in [0.15, 0.2) is 218 Å². The fourth-order valence-electron chi connectivity index (χ4n) is 8.96. The van der Waals surface area contributed by atoms with E-state index in [1.807, 2.05) is 29.5 Å². The maximum Gasteiger partial charge on any atom is 0.166 e. The summed E-state index contributed by atoms with van der Waals surface area (Å²) in [5.41, 5.74) is 12.8. The first-order valence-electron chi connectivity index (χ1n) is 20.9. The maximum absolute atomic E-state index is 5.41. The second kappa shape index (κ2) is 14.9. The number of fused-ring (bicyclic) bond motifs is 6. The van der Waals surface area contributed by atoms with Crippen molar-refractivity contribution in [3.8, 4) is 73.2 Å². The Bertz CT molecular complexity index is 3560. The van der Waals surface area contributed by atoms with Crippen LogP contribution >= 0.6 is 11.3 Å². The minimum Gasteiger partial charge on any atom is -0.308 e. The minimum atomic E-state index is 0.599. The fraction of sp³-hybridized carbons (Fsp3) is 0. The Kier molecular flexibility index (Phi) is 8.65. The van der Waals surface area contributed by atoms with Gasteiger partial charge in [0, 0.05) is 47.6 Å². The molecule has 0 unspecified atom stereocenters. The largest absolute Gasteiger partial charge is 0.308 e. The third kappa shape index (κ3) is 6.09. The first-order valence-corrected chi connectivity index (χ1v) is 21.7. The van der Waals surface area contributed by atoms with Gasteiger partial charge in [0.2, 0.25) is 0 Å². The first-order chi connectivity index (χ1) is 30.7. The van der Waals surface area contributed by atoms with Gasteiger partial charge >= 0.3 is 0 Å². The van der Waals surface area contributed by atoms with E-state index in [1.54, 1.807) is 0 Å². The third-order valence-corrected chi connectivity index (χ3v) is 13.1. The van der Waals surface area contributed by atoms with Crippen LogP contribution in [0.2, 0.25) is 0 Å². The molecule has 0 aliphatic heterocycles. The summed E-state index contributed by atoms with van der Waals surface area (Å²) in [6, 6.07) is 77.5. The molecule has 0 bridgehead atoms. The van der Waals surface area contributed by atoms with Crippen molar-refractivity contribution in [1.29, 1.82) is 0 Å². The van der Waals surface area contributed by atoms with E-state index in [0.717, 1.165) is 61.2 Å². The van der Waals surface area contributed by atoms with E-state index in [1.165, 1.54) is 36.5 Å². The van der Waals surface area contributed by atoms with E-state index in [-0.39, 0.29) is 0 Å². The van der Waals surface area contributed by atoms with E-state index in [2.05, 4.69) is 205 Å². The summed E-state index contributed by atoms with van der Waals surface area (Å²) in [7, 11) is 0. The lowest BCUT2D eigenvalue weighted by atomic mass is 9.91. The highest BCUT2D eigenvalue weighted by Gasteiger charge is 2.23. The van der Waals surface area contributed by atoms with Gasteiger partial charge in [-0.25, -0.2) is 15.0 Å². The SMILES string of the molecule is c1ccc(-c2nc(-c3ccc(-c4cccc5c4sc4ccccc45)cc3)nc(-c3cc(-c4ccccc4)c(-c4ccccc4)cc3-n3c4ccccc4c4ccccc43)n2)cc1. The van der Waals surface area contributed by atoms with Crippen LogP contribution in [0.25, 0.3) is 115 Å². The van der Waals surface area contributed by atoms with Crippen molar-refractivity contribution in [2.24, 2.45) is 0 Å². The van der Waals surface area contributed by atoms with Crippen LogP contribution in [-0.4, -0.2) is 19.5 Å². The molecule has 4 nitrogen and oxygen atoms in total. The number of aromatic nitrogens is 4. The van der Waals surface area contributed by atoms with Crippen LogP contribution in [0.4, 0.5) is 0 Å². The molecule has 290 valence electrons. The highest BCUT2D eigenvalue weighted by molar-refractivity contribution is 7.26. The molecule has 5 heteroatoms. The van der Waals surface area contributed by atoms with Gasteiger partial charge in [-0.15, -0.1) is 11.3 Å². The molecule has 12 aromatic rings. The molecule has 0 aliphatic rings. The second-order valence-electron chi connectivity index (χ2n) is 15.5. The Hall–Kier alpha value is -7.99. The quantitative estimate of drug-likeness (QED) is 0.161. The van der Waals surface area contributed by atoms with Crippen molar-refractivity contribution in [3.63, 3.8) is 0 Å². The Morgan fingerprint density at radius 2 is 0.758 bits per heavy atom. The third-order valence-electron chi connectivity index (χ3n) is 11.9. The number of benzene rings is 9. The molecule has 62 heavy (non-hydrogen) atoms. The molecule has 12 rings (SSSR count). The topological polar surface area (TPSA) is 43.6 Å². The highest BCUT2D eigenvalue weighted by atomic mass is 32.1. The summed E-state index contributed by atoms with van der Waals surface area (Å²) in [5, 5.41) is 4.96. The smallest absolute Gasteiger partial charge is 0.166 e. The van der Waals surface area contributed by atoms with Crippen molar-refractivity contribution in [1.82, 2.24) is 19.5 Å². The van der Waals surface area contributed by atoms with Gasteiger partial charge in [0.1, 0.15) is 0 Å². The van der Waals surface area contributed by atoms with Crippen LogP contribution < -0.4 is 0 Å². The Balaban J connectivity index is 1.11. The normalized spacial score (nSPS) is 11.5. The maximum atomic E-state index is 5.41. The molecule has 0 amide bonds. The predicted molar refractivity (Wildman–Crippen MR) is 260 cm³/mol. The zero-order valence-corrected chi connectivity index (χ0v) is 34.3. The predicted octanol–water partition coefficient (Wildman–Crippen LogP) is 15.3. The molecule has 3 heterocycles. The van der Waals surface area contributed by atoms with E-state index < -0.39 is 0 Å². The van der Waals surface area contributed by atoms with Crippen LogP contribution in [0.1, 0.15) is 0 Å². The fourth-order valence-corrected chi connectivity index (χ4v) is 10.2. The van der Waals surface area contributed by atoms with Gasteiger partial charge in [-0.2, -0.15) is 0 Å². The average Bonchev–Trinajstić information content (AvgIpc) is 3.90. The molecule has 0 atom stereocenters. The molecule has 0 spiro atoms. The molecule has 0 saturated carbocycles. The molecule has 3 aromatic heterocycles. The number of para-hydroxylation sites is 2. The first kappa shape index (κ1) is 35.9. The summed E-state index contributed by atoms with van der Waals surface area (Å²) >= 11 is 1.85.